The summed E-state index contributed by atoms with van der Waals surface area (Å²) in [6.07, 6.45) is 3.89. The van der Waals surface area contributed by atoms with Crippen molar-refractivity contribution in [2.75, 3.05) is 6.61 Å². The number of hydrogen-bond acceptors (Lipinski definition) is 4. The molecule has 1 atom stereocenters. The molecule has 1 unspecified atom stereocenters. The molecule has 0 aromatic rings. The van der Waals surface area contributed by atoms with Crippen molar-refractivity contribution in [1.82, 2.24) is 0 Å². The number of unbranched alkanes of at least 4 members (excludes halogenated alkanes) is 2. The van der Waals surface area contributed by atoms with Crippen molar-refractivity contribution in [3.05, 3.63) is 12.2 Å². The topological polar surface area (TPSA) is 93.1 Å². The number of carbonyl (C=O) groups is 1. The number of carbonyl (C=O) groups excluding carboxylic acids is 1. The minimum atomic E-state index is -4.48. The quantitative estimate of drug-likeness (QED) is 0.199. The Balaban J connectivity index is 0. The van der Waals surface area contributed by atoms with Gasteiger partial charge >= 0.3 is 13.8 Å². The van der Waals surface area contributed by atoms with Crippen molar-refractivity contribution in [3.8, 4) is 0 Å². The number of rotatable bonds is 11. The molecule has 0 bridgehead atoms. The van der Waals surface area contributed by atoms with Crippen molar-refractivity contribution >= 4 is 43.3 Å². The Morgan fingerprint density at radius 3 is 2.29 bits per heavy atom. The van der Waals surface area contributed by atoms with Gasteiger partial charge in [-0.25, -0.2) is 9.36 Å². The maximum absolute atomic E-state index is 11.1. The van der Waals surface area contributed by atoms with Gasteiger partial charge in [0.25, 0.3) is 0 Å². The van der Waals surface area contributed by atoms with Crippen molar-refractivity contribution in [1.29, 1.82) is 0 Å². The zero-order valence-corrected chi connectivity index (χ0v) is 16.1. The summed E-state index contributed by atoms with van der Waals surface area (Å²) in [5.74, 6) is -0.455. The molecule has 0 aliphatic rings. The molecule has 0 rings (SSSR count). The van der Waals surface area contributed by atoms with E-state index in [1.165, 1.54) is 0 Å². The largest absolute Gasteiger partial charge is 0.469 e. The summed E-state index contributed by atoms with van der Waals surface area (Å²) >= 11 is 0. The first-order chi connectivity index (χ1) is 9.26. The molecule has 0 aromatic heterocycles. The van der Waals surface area contributed by atoms with Crippen LogP contribution < -0.4 is 0 Å². The van der Waals surface area contributed by atoms with E-state index in [1.807, 2.05) is 0 Å². The Kier molecular flexibility index (Phi) is 14.4. The molecule has 2 N–H and O–H groups in total. The molecule has 0 fully saturated rings. The predicted molar refractivity (Wildman–Crippen MR) is 81.8 cm³/mol. The fraction of sp³-hybridized carbons (Fsp3) is 0.769. The maximum Gasteiger partial charge on any atom is 0.469 e. The van der Waals surface area contributed by atoms with Crippen LogP contribution in [-0.2, 0) is 18.6 Å². The first kappa shape index (κ1) is 23.6. The summed E-state index contributed by atoms with van der Waals surface area (Å²) in [6, 6.07) is 0. The van der Waals surface area contributed by atoms with E-state index in [2.05, 4.69) is 13.5 Å². The second-order valence-corrected chi connectivity index (χ2v) is 5.96. The molecule has 119 valence electrons. The van der Waals surface area contributed by atoms with Crippen LogP contribution in [0.4, 0.5) is 0 Å². The van der Waals surface area contributed by atoms with Crippen LogP contribution in [0.2, 0.25) is 0 Å². The Morgan fingerprint density at radius 2 is 1.81 bits per heavy atom. The number of ether oxygens (including phenoxy) is 1. The van der Waals surface area contributed by atoms with Gasteiger partial charge in [0, 0.05) is 35.1 Å². The second-order valence-electron chi connectivity index (χ2n) is 4.77. The van der Waals surface area contributed by atoms with Crippen molar-refractivity contribution in [3.63, 3.8) is 0 Å². The zero-order chi connectivity index (χ0) is 15.6. The van der Waals surface area contributed by atoms with Gasteiger partial charge in [-0.3, -0.25) is 4.52 Å². The summed E-state index contributed by atoms with van der Waals surface area (Å²) in [6.45, 7) is 7.27. The van der Waals surface area contributed by atoms with Gasteiger partial charge in [0.2, 0.25) is 0 Å². The Hall–Kier alpha value is 0.320. The molecule has 0 aromatic carbocycles. The number of phosphoric acid groups is 1. The Labute approximate surface area is 148 Å². The molecule has 1 radical (unpaired) electrons. The van der Waals surface area contributed by atoms with Gasteiger partial charge in [-0.2, -0.15) is 0 Å². The van der Waals surface area contributed by atoms with Crippen LogP contribution in [0.25, 0.3) is 0 Å². The van der Waals surface area contributed by atoms with Crippen LogP contribution >= 0.6 is 7.82 Å². The molecular weight excluding hydrogens is 306 g/mol. The summed E-state index contributed by atoms with van der Waals surface area (Å²) in [7, 11) is -4.48. The second kappa shape index (κ2) is 12.8. The van der Waals surface area contributed by atoms with Crippen LogP contribution in [0.3, 0.4) is 0 Å². The van der Waals surface area contributed by atoms with Gasteiger partial charge in [-0.1, -0.05) is 32.8 Å². The SMILES string of the molecule is C=C(C)C(=O)OCCCC(CCCCC)OP(=O)(O)O.[Na]. The average Bonchev–Trinajstić information content (AvgIpc) is 2.32. The van der Waals surface area contributed by atoms with E-state index in [4.69, 9.17) is 19.0 Å². The van der Waals surface area contributed by atoms with Gasteiger partial charge in [0.15, 0.2) is 0 Å². The molecule has 0 saturated heterocycles. The van der Waals surface area contributed by atoms with E-state index < -0.39 is 19.9 Å². The van der Waals surface area contributed by atoms with E-state index in [0.29, 0.717) is 24.8 Å². The first-order valence-electron chi connectivity index (χ1n) is 6.82. The van der Waals surface area contributed by atoms with E-state index >= 15 is 0 Å². The molecular formula is C13H25NaO6P. The van der Waals surface area contributed by atoms with Crippen LogP contribution in [0, 0.1) is 0 Å². The first-order valence-corrected chi connectivity index (χ1v) is 8.36. The van der Waals surface area contributed by atoms with Crippen LogP contribution in [0.15, 0.2) is 12.2 Å². The van der Waals surface area contributed by atoms with Gasteiger partial charge in [-0.15, -0.1) is 0 Å². The average molecular weight is 331 g/mol. The zero-order valence-electron chi connectivity index (χ0n) is 13.2. The van der Waals surface area contributed by atoms with Crippen molar-refractivity contribution in [2.45, 2.75) is 58.5 Å². The smallest absolute Gasteiger partial charge is 0.462 e. The third-order valence-electron chi connectivity index (χ3n) is 2.67. The van der Waals surface area contributed by atoms with E-state index in [-0.39, 0.29) is 36.2 Å². The standard InChI is InChI=1S/C13H25O6P.Na/c1-4-5-6-8-12(19-20(15,16)17)9-7-10-18-13(14)11(2)3;/h12H,2,4-10H2,1,3H3,(H2,15,16,17);. The molecule has 0 spiro atoms. The molecule has 0 heterocycles. The van der Waals surface area contributed by atoms with Gasteiger partial charge in [0.05, 0.1) is 12.7 Å². The molecule has 0 saturated carbocycles. The van der Waals surface area contributed by atoms with Crippen LogP contribution in [0.5, 0.6) is 0 Å². The van der Waals surface area contributed by atoms with Crippen molar-refractivity contribution in [2.24, 2.45) is 0 Å². The van der Waals surface area contributed by atoms with E-state index in [9.17, 15) is 9.36 Å². The molecule has 6 nitrogen and oxygen atoms in total. The van der Waals surface area contributed by atoms with Crippen molar-refractivity contribution < 1.29 is 28.4 Å². The summed E-state index contributed by atoms with van der Waals surface area (Å²) in [5.41, 5.74) is 0.330. The minimum absolute atomic E-state index is 0. The summed E-state index contributed by atoms with van der Waals surface area (Å²) in [5, 5.41) is 0. The fourth-order valence-electron chi connectivity index (χ4n) is 1.67. The Morgan fingerprint density at radius 1 is 1.24 bits per heavy atom. The number of esters is 1. The maximum atomic E-state index is 11.1. The van der Waals surface area contributed by atoms with Gasteiger partial charge in [0.1, 0.15) is 0 Å². The summed E-state index contributed by atoms with van der Waals surface area (Å²) in [4.78, 5) is 28.9. The van der Waals surface area contributed by atoms with Crippen LogP contribution in [0.1, 0.15) is 52.4 Å². The molecule has 0 amide bonds. The van der Waals surface area contributed by atoms with Gasteiger partial charge in [-0.05, 0) is 26.2 Å². The molecule has 8 heteroatoms. The molecule has 0 aliphatic carbocycles. The van der Waals surface area contributed by atoms with Gasteiger partial charge < -0.3 is 14.5 Å². The number of phosphoric ester groups is 1. The fourth-order valence-corrected chi connectivity index (χ4v) is 2.26. The third-order valence-corrected chi connectivity index (χ3v) is 3.24. The third kappa shape index (κ3) is 15.0. The molecule has 21 heavy (non-hydrogen) atoms. The number of hydrogen-bond donors (Lipinski definition) is 2. The predicted octanol–water partition coefficient (Wildman–Crippen LogP) is 2.56. The summed E-state index contributed by atoms with van der Waals surface area (Å²) < 4.78 is 20.5. The monoisotopic (exact) mass is 331 g/mol. The van der Waals surface area contributed by atoms with Crippen LogP contribution in [-0.4, -0.2) is 58.0 Å². The Bertz CT molecular complexity index is 355. The minimum Gasteiger partial charge on any atom is -0.462 e. The van der Waals surface area contributed by atoms with E-state index in [0.717, 1.165) is 19.3 Å². The molecule has 0 aliphatic heterocycles. The normalized spacial score (nSPS) is 12.4. The van der Waals surface area contributed by atoms with E-state index in [1.54, 1.807) is 6.92 Å².